The molecule has 2 aromatic carbocycles. The van der Waals surface area contributed by atoms with Crippen molar-refractivity contribution in [2.45, 2.75) is 51.7 Å². The van der Waals surface area contributed by atoms with E-state index in [1.54, 1.807) is 14.2 Å². The molecule has 1 saturated heterocycles. The van der Waals surface area contributed by atoms with Gasteiger partial charge in [0, 0.05) is 31.2 Å². The molecule has 3 rings (SSSR count). The molecule has 0 saturated carbocycles. The van der Waals surface area contributed by atoms with Gasteiger partial charge in [0.25, 0.3) is 0 Å². The van der Waals surface area contributed by atoms with Gasteiger partial charge in [-0.05, 0) is 62.4 Å². The van der Waals surface area contributed by atoms with Crippen molar-refractivity contribution in [1.29, 1.82) is 0 Å². The number of rotatable bonds is 6. The minimum atomic E-state index is 0.259. The Bertz CT molecular complexity index is 760. The Morgan fingerprint density at radius 2 is 1.57 bits per heavy atom. The number of hydrogen-bond donors (Lipinski definition) is 1. The van der Waals surface area contributed by atoms with E-state index in [0.717, 1.165) is 31.1 Å². The zero-order valence-electron chi connectivity index (χ0n) is 17.9. The number of hydrogen-bond acceptors (Lipinski definition) is 4. The molecule has 1 N–H and O–H groups in total. The zero-order valence-corrected chi connectivity index (χ0v) is 17.9. The molecule has 4 nitrogen and oxygen atoms in total. The fourth-order valence-electron chi connectivity index (χ4n) is 3.96. The lowest BCUT2D eigenvalue weighted by Gasteiger charge is -2.41. The highest BCUT2D eigenvalue weighted by Crippen LogP contribution is 2.36. The van der Waals surface area contributed by atoms with E-state index < -0.39 is 0 Å². The molecule has 1 aliphatic heterocycles. The van der Waals surface area contributed by atoms with E-state index in [2.05, 4.69) is 67.4 Å². The molecule has 152 valence electrons. The molecule has 1 aliphatic rings. The summed E-state index contributed by atoms with van der Waals surface area (Å²) in [6, 6.07) is 15.2. The lowest BCUT2D eigenvalue weighted by atomic mass is 9.96. The van der Waals surface area contributed by atoms with E-state index in [-0.39, 0.29) is 5.54 Å². The molecule has 0 radical (unpaired) electrons. The van der Waals surface area contributed by atoms with Crippen molar-refractivity contribution in [3.8, 4) is 22.6 Å². The molecular formula is C24H34N2O2. The van der Waals surface area contributed by atoms with Gasteiger partial charge in [-0.2, -0.15) is 0 Å². The molecule has 0 atom stereocenters. The first-order valence-corrected chi connectivity index (χ1v) is 10.2. The smallest absolute Gasteiger partial charge is 0.161 e. The van der Waals surface area contributed by atoms with Crippen LogP contribution in [0, 0.1) is 0 Å². The molecule has 0 amide bonds. The average molecular weight is 383 g/mol. The number of nitrogens with one attached hydrogen (secondary N) is 1. The van der Waals surface area contributed by atoms with Crippen LogP contribution in [0.25, 0.3) is 11.1 Å². The molecule has 28 heavy (non-hydrogen) atoms. The maximum atomic E-state index is 5.55. The van der Waals surface area contributed by atoms with Gasteiger partial charge in [0.15, 0.2) is 11.5 Å². The van der Waals surface area contributed by atoms with Crippen LogP contribution in [0.2, 0.25) is 0 Å². The van der Waals surface area contributed by atoms with Crippen molar-refractivity contribution in [3.05, 3.63) is 48.0 Å². The van der Waals surface area contributed by atoms with E-state index in [0.29, 0.717) is 6.04 Å². The first-order valence-electron chi connectivity index (χ1n) is 10.2. The van der Waals surface area contributed by atoms with Crippen LogP contribution in [-0.2, 0) is 6.54 Å². The molecule has 4 heteroatoms. The van der Waals surface area contributed by atoms with Crippen LogP contribution in [0.4, 0.5) is 0 Å². The summed E-state index contributed by atoms with van der Waals surface area (Å²) in [6.07, 6.45) is 2.37. The molecule has 0 unspecified atom stereocenters. The van der Waals surface area contributed by atoms with Gasteiger partial charge in [0.2, 0.25) is 0 Å². The molecule has 0 aliphatic carbocycles. The number of nitrogens with zero attached hydrogens (tertiary/aromatic N) is 1. The van der Waals surface area contributed by atoms with Crippen molar-refractivity contribution in [1.82, 2.24) is 10.2 Å². The van der Waals surface area contributed by atoms with E-state index in [1.165, 1.54) is 29.5 Å². The van der Waals surface area contributed by atoms with E-state index >= 15 is 0 Å². The summed E-state index contributed by atoms with van der Waals surface area (Å²) < 4.78 is 11.1. The van der Waals surface area contributed by atoms with Crippen molar-refractivity contribution in [2.24, 2.45) is 0 Å². The standard InChI is InChI=1S/C24H34N2O2/c1-24(2,3)26-13-11-20(12-14-26)25-17-19-15-22(27-4)23(28-5)16-21(19)18-9-7-6-8-10-18/h6-10,15-16,20,25H,11-14,17H2,1-5H3. The van der Waals surface area contributed by atoms with Gasteiger partial charge in [-0.25, -0.2) is 0 Å². The maximum Gasteiger partial charge on any atom is 0.161 e. The molecule has 0 spiro atoms. The summed E-state index contributed by atoms with van der Waals surface area (Å²) in [5.41, 5.74) is 3.89. The number of likely N-dealkylation sites (tertiary alicyclic amines) is 1. The normalized spacial score (nSPS) is 16.2. The predicted molar refractivity (Wildman–Crippen MR) is 116 cm³/mol. The third-order valence-electron chi connectivity index (χ3n) is 5.72. The third-order valence-corrected chi connectivity index (χ3v) is 5.72. The molecule has 0 bridgehead atoms. The van der Waals surface area contributed by atoms with Crippen LogP contribution < -0.4 is 14.8 Å². The zero-order chi connectivity index (χ0) is 20.1. The first-order chi connectivity index (χ1) is 13.4. The van der Waals surface area contributed by atoms with Crippen LogP contribution >= 0.6 is 0 Å². The lowest BCUT2D eigenvalue weighted by Crippen LogP contribution is -2.49. The number of piperidine rings is 1. The Hall–Kier alpha value is -2.04. The molecule has 1 fully saturated rings. The predicted octanol–water partition coefficient (Wildman–Crippen LogP) is 4.72. The number of ether oxygens (including phenoxy) is 2. The quantitative estimate of drug-likeness (QED) is 0.784. The van der Waals surface area contributed by atoms with E-state index in [1.807, 2.05) is 6.07 Å². The number of methoxy groups -OCH3 is 2. The lowest BCUT2D eigenvalue weighted by molar-refractivity contribution is 0.0960. The molecular weight excluding hydrogens is 348 g/mol. The molecule has 2 aromatic rings. The summed E-state index contributed by atoms with van der Waals surface area (Å²) in [7, 11) is 3.38. The van der Waals surface area contributed by atoms with E-state index in [9.17, 15) is 0 Å². The van der Waals surface area contributed by atoms with Crippen molar-refractivity contribution in [2.75, 3.05) is 27.3 Å². The Kier molecular flexibility index (Phi) is 6.63. The van der Waals surface area contributed by atoms with E-state index in [4.69, 9.17) is 9.47 Å². The fraction of sp³-hybridized carbons (Fsp3) is 0.500. The van der Waals surface area contributed by atoms with Crippen LogP contribution in [0.5, 0.6) is 11.5 Å². The fourth-order valence-corrected chi connectivity index (χ4v) is 3.96. The van der Waals surface area contributed by atoms with Gasteiger partial charge in [-0.15, -0.1) is 0 Å². The van der Waals surface area contributed by atoms with Crippen LogP contribution in [-0.4, -0.2) is 43.8 Å². The highest BCUT2D eigenvalue weighted by molar-refractivity contribution is 5.71. The van der Waals surface area contributed by atoms with Crippen LogP contribution in [0.3, 0.4) is 0 Å². The van der Waals surface area contributed by atoms with Gasteiger partial charge in [-0.3, -0.25) is 4.90 Å². The maximum absolute atomic E-state index is 5.55. The van der Waals surface area contributed by atoms with Crippen molar-refractivity contribution >= 4 is 0 Å². The van der Waals surface area contributed by atoms with Gasteiger partial charge in [0.05, 0.1) is 14.2 Å². The molecule has 1 heterocycles. The molecule has 0 aromatic heterocycles. The first kappa shape index (κ1) is 20.7. The Balaban J connectivity index is 1.76. The van der Waals surface area contributed by atoms with Crippen LogP contribution in [0.15, 0.2) is 42.5 Å². The second-order valence-corrected chi connectivity index (χ2v) is 8.54. The Morgan fingerprint density at radius 1 is 0.964 bits per heavy atom. The Labute approximate surface area is 169 Å². The highest BCUT2D eigenvalue weighted by Gasteiger charge is 2.26. The van der Waals surface area contributed by atoms with Gasteiger partial charge in [-0.1, -0.05) is 30.3 Å². The Morgan fingerprint density at radius 3 is 2.14 bits per heavy atom. The third kappa shape index (κ3) is 4.86. The highest BCUT2D eigenvalue weighted by atomic mass is 16.5. The topological polar surface area (TPSA) is 33.7 Å². The summed E-state index contributed by atoms with van der Waals surface area (Å²) in [5, 5.41) is 3.79. The van der Waals surface area contributed by atoms with Gasteiger partial charge in [0.1, 0.15) is 0 Å². The largest absolute Gasteiger partial charge is 0.493 e. The SMILES string of the molecule is COc1cc(CNC2CCN(C(C)(C)C)CC2)c(-c2ccccc2)cc1OC. The van der Waals surface area contributed by atoms with Gasteiger partial charge < -0.3 is 14.8 Å². The van der Waals surface area contributed by atoms with Crippen molar-refractivity contribution in [3.63, 3.8) is 0 Å². The van der Waals surface area contributed by atoms with Crippen LogP contribution in [0.1, 0.15) is 39.2 Å². The summed E-state index contributed by atoms with van der Waals surface area (Å²) in [4.78, 5) is 2.58. The summed E-state index contributed by atoms with van der Waals surface area (Å²) >= 11 is 0. The second-order valence-electron chi connectivity index (χ2n) is 8.54. The number of benzene rings is 2. The monoisotopic (exact) mass is 382 g/mol. The minimum absolute atomic E-state index is 0.259. The average Bonchev–Trinajstić information content (AvgIpc) is 2.71. The second kappa shape index (κ2) is 8.97. The minimum Gasteiger partial charge on any atom is -0.493 e. The summed E-state index contributed by atoms with van der Waals surface area (Å²) in [6.45, 7) is 10.0. The van der Waals surface area contributed by atoms with Gasteiger partial charge >= 0.3 is 0 Å². The van der Waals surface area contributed by atoms with Crippen molar-refractivity contribution < 1.29 is 9.47 Å². The summed E-state index contributed by atoms with van der Waals surface area (Å²) in [5.74, 6) is 1.55.